The lowest BCUT2D eigenvalue weighted by atomic mass is 10.0. The summed E-state index contributed by atoms with van der Waals surface area (Å²) in [6.07, 6.45) is 85.0. The molecule has 77 heavy (non-hydrogen) atoms. The fourth-order valence-electron chi connectivity index (χ4n) is 9.71. The minimum Gasteiger partial charge on any atom is -0.462 e. The van der Waals surface area contributed by atoms with Crippen LogP contribution < -0.4 is 0 Å². The summed E-state index contributed by atoms with van der Waals surface area (Å²) in [5, 5.41) is 0. The van der Waals surface area contributed by atoms with Crippen LogP contribution in [0, 0.1) is 0 Å². The molecule has 0 saturated carbocycles. The molecule has 0 aromatic heterocycles. The molecule has 0 radical (unpaired) electrons. The largest absolute Gasteiger partial charge is 0.462 e. The highest BCUT2D eigenvalue weighted by atomic mass is 16.6. The Morgan fingerprint density at radius 1 is 0.273 bits per heavy atom. The molecule has 1 atom stereocenters. The predicted octanol–water partition coefficient (Wildman–Crippen LogP) is 22.9. The van der Waals surface area contributed by atoms with Gasteiger partial charge in [0.2, 0.25) is 0 Å². The average Bonchev–Trinajstić information content (AvgIpc) is 3.43. The van der Waals surface area contributed by atoms with Crippen molar-refractivity contribution in [2.45, 2.75) is 348 Å². The van der Waals surface area contributed by atoms with Crippen LogP contribution in [0.25, 0.3) is 0 Å². The minimum absolute atomic E-state index is 0.0783. The zero-order chi connectivity index (χ0) is 55.7. The van der Waals surface area contributed by atoms with E-state index in [1.807, 2.05) is 0 Å². The number of carbonyl (C=O) groups is 3. The van der Waals surface area contributed by atoms with E-state index in [9.17, 15) is 14.4 Å². The zero-order valence-electron chi connectivity index (χ0n) is 51.2. The van der Waals surface area contributed by atoms with Crippen LogP contribution in [0.2, 0.25) is 0 Å². The first-order chi connectivity index (χ1) is 38.0. The molecule has 0 aliphatic rings. The summed E-state index contributed by atoms with van der Waals surface area (Å²) in [5.74, 6) is -0.877. The molecule has 6 heteroatoms. The van der Waals surface area contributed by atoms with Gasteiger partial charge in [-0.25, -0.2) is 0 Å². The molecule has 0 N–H and O–H groups in total. The minimum atomic E-state index is -0.780. The normalized spacial score (nSPS) is 12.5. The molecule has 0 aromatic rings. The van der Waals surface area contributed by atoms with Gasteiger partial charge < -0.3 is 14.2 Å². The van der Waals surface area contributed by atoms with Gasteiger partial charge in [0.25, 0.3) is 0 Å². The molecule has 0 fully saturated rings. The third-order valence-electron chi connectivity index (χ3n) is 14.7. The quantitative estimate of drug-likeness (QED) is 0.0261. The third-order valence-corrected chi connectivity index (χ3v) is 14.7. The van der Waals surface area contributed by atoms with Crippen LogP contribution in [0.3, 0.4) is 0 Å². The van der Waals surface area contributed by atoms with E-state index in [0.717, 1.165) is 109 Å². The molecule has 0 heterocycles. The fraction of sp³-hybridized carbons (Fsp3) is 0.789. The van der Waals surface area contributed by atoms with Gasteiger partial charge in [0.05, 0.1) is 0 Å². The van der Waals surface area contributed by atoms with Crippen molar-refractivity contribution >= 4 is 17.9 Å². The molecular formula is C71H126O6. The summed E-state index contributed by atoms with van der Waals surface area (Å²) in [6.45, 7) is 6.50. The summed E-state index contributed by atoms with van der Waals surface area (Å²) < 4.78 is 16.9. The van der Waals surface area contributed by atoms with Crippen LogP contribution in [0.1, 0.15) is 342 Å². The Bertz CT molecular complexity index is 1420. The standard InChI is InChI=1S/C71H126O6/c1-4-7-10-13-16-19-22-24-26-28-30-32-34-36-38-39-41-43-45-47-49-52-55-58-61-64-70(73)76-67-68(66-75-69(72)63-60-57-54-51-21-18-15-12-9-6-3)77-71(74)65-62-59-56-53-50-48-46-44-42-40-37-35-33-31-29-27-25-23-20-17-14-11-8-5-2/h7,10,12,15-16,19,24,26,30,32,36,38,68H,4-6,8-9,11,13-14,17-18,20-23,25,27-29,31,33-35,37,39-67H2,1-3H3/b10-7-,15-12-,19-16-,26-24-,32-30-,38-36-. The number of rotatable bonds is 61. The number of hydrogen-bond acceptors (Lipinski definition) is 6. The van der Waals surface area contributed by atoms with Gasteiger partial charge in [-0.2, -0.15) is 0 Å². The first-order valence-corrected chi connectivity index (χ1v) is 33.4. The van der Waals surface area contributed by atoms with Gasteiger partial charge in [-0.1, -0.05) is 312 Å². The Morgan fingerprint density at radius 2 is 0.532 bits per heavy atom. The summed E-state index contributed by atoms with van der Waals surface area (Å²) in [5.41, 5.74) is 0. The molecular weight excluding hydrogens is 949 g/mol. The van der Waals surface area contributed by atoms with E-state index < -0.39 is 6.10 Å². The molecule has 0 aliphatic carbocycles. The Labute approximate surface area is 478 Å². The highest BCUT2D eigenvalue weighted by molar-refractivity contribution is 5.71. The van der Waals surface area contributed by atoms with E-state index in [1.54, 1.807) is 0 Å². The molecule has 0 aromatic carbocycles. The maximum absolute atomic E-state index is 12.9. The number of unbranched alkanes of at least 4 members (excludes halogenated alkanes) is 38. The first kappa shape index (κ1) is 73.8. The molecule has 0 bridgehead atoms. The van der Waals surface area contributed by atoms with Gasteiger partial charge in [-0.05, 0) is 83.5 Å². The van der Waals surface area contributed by atoms with Gasteiger partial charge in [-0.3, -0.25) is 14.4 Å². The Kier molecular flexibility index (Phi) is 62.7. The van der Waals surface area contributed by atoms with Crippen LogP contribution in [0.15, 0.2) is 72.9 Å². The second-order valence-corrected chi connectivity index (χ2v) is 22.4. The molecule has 446 valence electrons. The Hall–Kier alpha value is -3.15. The molecule has 1 unspecified atom stereocenters. The second-order valence-electron chi connectivity index (χ2n) is 22.4. The second kappa shape index (κ2) is 65.4. The molecule has 0 spiro atoms. The molecule has 0 rings (SSSR count). The van der Waals surface area contributed by atoms with E-state index >= 15 is 0 Å². The third kappa shape index (κ3) is 63.6. The van der Waals surface area contributed by atoms with Crippen LogP contribution in [-0.4, -0.2) is 37.2 Å². The van der Waals surface area contributed by atoms with Crippen molar-refractivity contribution in [2.75, 3.05) is 13.2 Å². The predicted molar refractivity (Wildman–Crippen MR) is 335 cm³/mol. The van der Waals surface area contributed by atoms with Gasteiger partial charge in [0.15, 0.2) is 6.10 Å². The molecule has 0 saturated heterocycles. The van der Waals surface area contributed by atoms with Crippen molar-refractivity contribution < 1.29 is 28.6 Å². The van der Waals surface area contributed by atoms with Gasteiger partial charge >= 0.3 is 17.9 Å². The maximum Gasteiger partial charge on any atom is 0.306 e. The van der Waals surface area contributed by atoms with Crippen LogP contribution in [0.4, 0.5) is 0 Å². The summed E-state index contributed by atoms with van der Waals surface area (Å²) in [4.78, 5) is 38.3. The lowest BCUT2D eigenvalue weighted by molar-refractivity contribution is -0.167. The SMILES string of the molecule is CC/C=C\C/C=C\C/C=C\C/C=C\C/C=C\CCCCCCCCCCCC(=O)OCC(COC(=O)CCCCCCC/C=C\CCC)OC(=O)CCCCCCCCCCCCCCCCCCCCCCCCCC. The first-order valence-electron chi connectivity index (χ1n) is 33.4. The fourth-order valence-corrected chi connectivity index (χ4v) is 9.71. The lowest BCUT2D eigenvalue weighted by Crippen LogP contribution is -2.30. The molecule has 0 aliphatic heterocycles. The Balaban J connectivity index is 4.21. The number of hydrogen-bond donors (Lipinski definition) is 0. The number of allylic oxidation sites excluding steroid dienone is 12. The van der Waals surface area contributed by atoms with Gasteiger partial charge in [0.1, 0.15) is 13.2 Å². The number of esters is 3. The monoisotopic (exact) mass is 1070 g/mol. The summed E-state index contributed by atoms with van der Waals surface area (Å²) >= 11 is 0. The van der Waals surface area contributed by atoms with Crippen molar-refractivity contribution in [1.29, 1.82) is 0 Å². The van der Waals surface area contributed by atoms with Gasteiger partial charge in [-0.15, -0.1) is 0 Å². The van der Waals surface area contributed by atoms with Crippen molar-refractivity contribution in [1.82, 2.24) is 0 Å². The van der Waals surface area contributed by atoms with E-state index in [2.05, 4.69) is 93.7 Å². The number of carbonyl (C=O) groups excluding carboxylic acids is 3. The van der Waals surface area contributed by atoms with Crippen molar-refractivity contribution in [3.63, 3.8) is 0 Å². The van der Waals surface area contributed by atoms with Crippen molar-refractivity contribution in [3.05, 3.63) is 72.9 Å². The average molecular weight is 1080 g/mol. The van der Waals surface area contributed by atoms with E-state index in [4.69, 9.17) is 14.2 Å². The van der Waals surface area contributed by atoms with E-state index in [-0.39, 0.29) is 31.1 Å². The Morgan fingerprint density at radius 3 is 0.857 bits per heavy atom. The highest BCUT2D eigenvalue weighted by Crippen LogP contribution is 2.18. The smallest absolute Gasteiger partial charge is 0.306 e. The topological polar surface area (TPSA) is 78.9 Å². The van der Waals surface area contributed by atoms with Crippen molar-refractivity contribution in [2.24, 2.45) is 0 Å². The van der Waals surface area contributed by atoms with Crippen LogP contribution in [0.5, 0.6) is 0 Å². The van der Waals surface area contributed by atoms with Gasteiger partial charge in [0, 0.05) is 19.3 Å². The highest BCUT2D eigenvalue weighted by Gasteiger charge is 2.19. The molecule has 6 nitrogen and oxygen atoms in total. The van der Waals surface area contributed by atoms with Crippen LogP contribution in [-0.2, 0) is 28.6 Å². The lowest BCUT2D eigenvalue weighted by Gasteiger charge is -2.18. The number of ether oxygens (including phenoxy) is 3. The van der Waals surface area contributed by atoms with Crippen molar-refractivity contribution in [3.8, 4) is 0 Å². The maximum atomic E-state index is 12.9. The molecule has 0 amide bonds. The summed E-state index contributed by atoms with van der Waals surface area (Å²) in [6, 6.07) is 0. The van der Waals surface area contributed by atoms with Crippen LogP contribution >= 0.6 is 0 Å². The van der Waals surface area contributed by atoms with E-state index in [0.29, 0.717) is 19.3 Å². The summed E-state index contributed by atoms with van der Waals surface area (Å²) in [7, 11) is 0. The zero-order valence-corrected chi connectivity index (χ0v) is 51.2. The van der Waals surface area contributed by atoms with E-state index in [1.165, 1.54) is 193 Å².